The maximum atomic E-state index is 5.74. The lowest BCUT2D eigenvalue weighted by atomic mass is 10.1. The Morgan fingerprint density at radius 1 is 1.13 bits per heavy atom. The van der Waals surface area contributed by atoms with E-state index in [-0.39, 0.29) is 5.60 Å². The molecule has 2 heteroatoms. The van der Waals surface area contributed by atoms with Crippen LogP contribution in [0, 0.1) is 0 Å². The molecule has 0 heterocycles. The van der Waals surface area contributed by atoms with Crippen molar-refractivity contribution in [2.24, 2.45) is 0 Å². The Balaban J connectivity index is 2.56. The summed E-state index contributed by atoms with van der Waals surface area (Å²) < 4.78 is 5.74. The van der Waals surface area contributed by atoms with E-state index in [1.807, 2.05) is 12.1 Å². The molecule has 0 bridgehead atoms. The zero-order valence-corrected chi connectivity index (χ0v) is 10.6. The van der Waals surface area contributed by atoms with Gasteiger partial charge in [0.05, 0.1) is 0 Å². The zero-order chi connectivity index (χ0) is 11.3. The van der Waals surface area contributed by atoms with Gasteiger partial charge in [-0.05, 0) is 51.3 Å². The molecule has 15 heavy (non-hydrogen) atoms. The fourth-order valence-electron chi connectivity index (χ4n) is 1.35. The van der Waals surface area contributed by atoms with Crippen LogP contribution in [0.3, 0.4) is 0 Å². The van der Waals surface area contributed by atoms with E-state index in [0.29, 0.717) is 0 Å². The highest BCUT2D eigenvalue weighted by molar-refractivity contribution is 7.80. The van der Waals surface area contributed by atoms with E-state index >= 15 is 0 Å². The monoisotopic (exact) mass is 223 g/mol. The Kier molecular flexibility index (Phi) is 4.52. The average molecular weight is 223 g/mol. The van der Waals surface area contributed by atoms with Gasteiger partial charge in [0.15, 0.2) is 0 Å². The minimum Gasteiger partial charge on any atom is -0.488 e. The van der Waals surface area contributed by atoms with Crippen molar-refractivity contribution in [2.75, 3.05) is 5.75 Å². The number of hydrogen-bond donors (Lipinski definition) is 0. The van der Waals surface area contributed by atoms with Gasteiger partial charge in [-0.3, -0.25) is 0 Å². The quantitative estimate of drug-likeness (QED) is 0.750. The Labute approximate surface area is 98.3 Å². The van der Waals surface area contributed by atoms with E-state index in [1.165, 1.54) is 5.56 Å². The van der Waals surface area contributed by atoms with Crippen LogP contribution in [0.4, 0.5) is 0 Å². The van der Waals surface area contributed by atoms with Gasteiger partial charge >= 0.3 is 0 Å². The normalized spacial score (nSPS) is 11.5. The van der Waals surface area contributed by atoms with Crippen LogP contribution in [-0.2, 0) is 6.42 Å². The van der Waals surface area contributed by atoms with Crippen molar-refractivity contribution in [2.45, 2.75) is 39.2 Å². The van der Waals surface area contributed by atoms with Gasteiger partial charge < -0.3 is 4.74 Å². The predicted molar refractivity (Wildman–Crippen MR) is 67.6 cm³/mol. The lowest BCUT2D eigenvalue weighted by Crippen LogP contribution is -2.22. The topological polar surface area (TPSA) is 9.23 Å². The van der Waals surface area contributed by atoms with Gasteiger partial charge in [-0.2, -0.15) is 0 Å². The highest BCUT2D eigenvalue weighted by Gasteiger charge is 2.11. The van der Waals surface area contributed by atoms with Crippen molar-refractivity contribution >= 4 is 12.6 Å². The minimum absolute atomic E-state index is 0.123. The summed E-state index contributed by atoms with van der Waals surface area (Å²) in [6, 6.07) is 8.30. The molecular weight excluding hydrogens is 204 g/mol. The van der Waals surface area contributed by atoms with E-state index in [0.717, 1.165) is 24.3 Å². The summed E-state index contributed by atoms with van der Waals surface area (Å²) in [7, 11) is 0. The lowest BCUT2D eigenvalue weighted by molar-refractivity contribution is 0.131. The Hall–Kier alpha value is -0.630. The molecule has 0 unspecified atom stereocenters. The summed E-state index contributed by atoms with van der Waals surface area (Å²) in [5.74, 6) is 1.77. The fraction of sp³-hybridized carbons (Fsp3) is 0.538. The molecule has 0 aromatic heterocycles. The molecule has 0 amide bonds. The summed E-state index contributed by atoms with van der Waals surface area (Å²) in [6.45, 7) is 6.16. The van der Waals surface area contributed by atoms with Crippen LogP contribution in [-0.4, -0.2) is 11.4 Å². The van der Waals surface area contributed by atoms with Gasteiger partial charge in [-0.1, -0.05) is 24.8 Å². The highest BCUT2D eigenvalue weighted by Crippen LogP contribution is 2.18. The molecular formula is C13H19OS. The van der Waals surface area contributed by atoms with E-state index in [4.69, 9.17) is 17.4 Å². The molecule has 0 aliphatic rings. The number of aryl methyl sites for hydroxylation is 1. The Bertz CT molecular complexity index is 284. The zero-order valence-electron chi connectivity index (χ0n) is 9.75. The van der Waals surface area contributed by atoms with Crippen LogP contribution >= 0.6 is 12.6 Å². The standard InChI is InChI=1S/C13H19OS/c1-13(2,3)14-12-8-6-11(7-9-12)5-4-10-15/h6-9H,4-5,10H2,1-3H3. The summed E-state index contributed by atoms with van der Waals surface area (Å²) >= 11 is 4.92. The smallest absolute Gasteiger partial charge is 0.120 e. The van der Waals surface area contributed by atoms with Crippen LogP contribution in [0.25, 0.3) is 0 Å². The van der Waals surface area contributed by atoms with Gasteiger partial charge in [0.1, 0.15) is 11.4 Å². The van der Waals surface area contributed by atoms with Gasteiger partial charge in [-0.25, -0.2) is 0 Å². The average Bonchev–Trinajstić information content (AvgIpc) is 2.14. The molecule has 1 aromatic rings. The third kappa shape index (κ3) is 5.12. The van der Waals surface area contributed by atoms with Gasteiger partial charge in [0.25, 0.3) is 0 Å². The van der Waals surface area contributed by atoms with Gasteiger partial charge in [0, 0.05) is 5.75 Å². The van der Waals surface area contributed by atoms with Crippen LogP contribution < -0.4 is 4.74 Å². The second-order valence-electron chi connectivity index (χ2n) is 4.67. The first kappa shape index (κ1) is 12.4. The molecule has 0 aliphatic carbocycles. The van der Waals surface area contributed by atoms with Crippen molar-refractivity contribution in [3.63, 3.8) is 0 Å². The minimum atomic E-state index is -0.123. The third-order valence-electron chi connectivity index (χ3n) is 1.96. The first-order chi connectivity index (χ1) is 7.01. The summed E-state index contributed by atoms with van der Waals surface area (Å²) in [6.07, 6.45) is 2.15. The second kappa shape index (κ2) is 5.45. The number of rotatable bonds is 4. The van der Waals surface area contributed by atoms with E-state index in [1.54, 1.807) is 0 Å². The Morgan fingerprint density at radius 2 is 1.73 bits per heavy atom. The molecule has 0 aliphatic heterocycles. The highest BCUT2D eigenvalue weighted by atomic mass is 32.1. The maximum absolute atomic E-state index is 5.74. The maximum Gasteiger partial charge on any atom is 0.120 e. The third-order valence-corrected chi connectivity index (χ3v) is 2.25. The molecule has 0 fully saturated rings. The van der Waals surface area contributed by atoms with Crippen molar-refractivity contribution < 1.29 is 4.74 Å². The molecule has 1 nitrogen and oxygen atoms in total. The number of ether oxygens (including phenoxy) is 1. The molecule has 1 aromatic carbocycles. The van der Waals surface area contributed by atoms with Crippen LogP contribution in [0.1, 0.15) is 32.8 Å². The van der Waals surface area contributed by atoms with Gasteiger partial charge in [0.2, 0.25) is 0 Å². The van der Waals surface area contributed by atoms with Gasteiger partial charge in [-0.15, -0.1) is 0 Å². The van der Waals surface area contributed by atoms with Crippen molar-refractivity contribution in [3.05, 3.63) is 29.8 Å². The van der Waals surface area contributed by atoms with Crippen molar-refractivity contribution in [3.8, 4) is 5.75 Å². The summed E-state index contributed by atoms with van der Waals surface area (Å²) in [5, 5.41) is 0. The molecule has 0 spiro atoms. The fourth-order valence-corrected chi connectivity index (χ4v) is 1.50. The molecule has 83 valence electrons. The van der Waals surface area contributed by atoms with Crippen LogP contribution in [0.2, 0.25) is 0 Å². The van der Waals surface area contributed by atoms with Crippen molar-refractivity contribution in [1.29, 1.82) is 0 Å². The van der Waals surface area contributed by atoms with E-state index in [9.17, 15) is 0 Å². The first-order valence-electron chi connectivity index (χ1n) is 5.37. The number of hydrogen-bond acceptors (Lipinski definition) is 1. The molecule has 1 radical (unpaired) electrons. The predicted octanol–water partition coefficient (Wildman–Crippen LogP) is 3.99. The molecule has 0 atom stereocenters. The first-order valence-corrected chi connectivity index (χ1v) is 5.95. The molecule has 1 rings (SSSR count). The SMILES string of the molecule is CC(C)(C)Oc1ccc(CCC[S])cc1. The van der Waals surface area contributed by atoms with Crippen LogP contribution in [0.15, 0.2) is 24.3 Å². The molecule has 0 N–H and O–H groups in total. The summed E-state index contributed by atoms with van der Waals surface area (Å²) in [4.78, 5) is 0. The molecule has 0 saturated carbocycles. The Morgan fingerprint density at radius 3 is 2.20 bits per heavy atom. The lowest BCUT2D eigenvalue weighted by Gasteiger charge is -2.21. The van der Waals surface area contributed by atoms with Crippen LogP contribution in [0.5, 0.6) is 5.75 Å². The van der Waals surface area contributed by atoms with E-state index < -0.39 is 0 Å². The summed E-state index contributed by atoms with van der Waals surface area (Å²) in [5.41, 5.74) is 1.21. The van der Waals surface area contributed by atoms with E-state index in [2.05, 4.69) is 32.9 Å². The largest absolute Gasteiger partial charge is 0.488 e. The number of benzene rings is 1. The van der Waals surface area contributed by atoms with Crippen molar-refractivity contribution in [1.82, 2.24) is 0 Å². The second-order valence-corrected chi connectivity index (χ2v) is 5.07. The molecule has 0 saturated heterocycles.